The molecule has 2 saturated heterocycles. The molecule has 3 heteroatoms. The summed E-state index contributed by atoms with van der Waals surface area (Å²) in [5.74, 6) is 2.22. The first-order chi connectivity index (χ1) is 6.12. The van der Waals surface area contributed by atoms with Crippen LogP contribution in [0.2, 0.25) is 0 Å². The molecule has 0 radical (unpaired) electrons. The van der Waals surface area contributed by atoms with Crippen LogP contribution in [0.15, 0.2) is 0 Å². The van der Waals surface area contributed by atoms with E-state index >= 15 is 0 Å². The molecule has 2 aliphatic carbocycles. The van der Waals surface area contributed by atoms with E-state index in [4.69, 9.17) is 4.84 Å². The van der Waals surface area contributed by atoms with Crippen molar-refractivity contribution in [3.8, 4) is 0 Å². The van der Waals surface area contributed by atoms with Crippen LogP contribution in [0.5, 0.6) is 0 Å². The molecule has 2 bridgehead atoms. The Morgan fingerprint density at radius 3 is 2.92 bits per heavy atom. The molecule has 0 aromatic heterocycles. The third kappa shape index (κ3) is 0.512. The molecule has 2 aliphatic heterocycles. The summed E-state index contributed by atoms with van der Waals surface area (Å²) in [6.07, 6.45) is 4.13. The second-order valence-electron chi connectivity index (χ2n) is 5.65. The zero-order valence-corrected chi connectivity index (χ0v) is 8.99. The smallest absolute Gasteiger partial charge is 0.184 e. The molecular formula is C10H15NOS. The van der Waals surface area contributed by atoms with Crippen LogP contribution in [0.25, 0.3) is 0 Å². The second-order valence-corrected chi connectivity index (χ2v) is 6.53. The van der Waals surface area contributed by atoms with Gasteiger partial charge in [0.1, 0.15) is 0 Å². The van der Waals surface area contributed by atoms with Gasteiger partial charge in [0.25, 0.3) is 0 Å². The topological polar surface area (TPSA) is 15.5 Å². The molecule has 72 valence electrons. The van der Waals surface area contributed by atoms with Crippen molar-refractivity contribution in [2.45, 2.75) is 38.8 Å². The molecule has 2 spiro atoms. The lowest BCUT2D eigenvalue weighted by Gasteiger charge is -2.36. The van der Waals surface area contributed by atoms with Crippen molar-refractivity contribution in [1.82, 2.24) is 4.47 Å². The van der Waals surface area contributed by atoms with E-state index in [1.54, 1.807) is 0 Å². The summed E-state index contributed by atoms with van der Waals surface area (Å²) >= 11 is 1.92. The lowest BCUT2D eigenvalue weighted by atomic mass is 9.68. The van der Waals surface area contributed by atoms with E-state index in [0.29, 0.717) is 10.8 Å². The summed E-state index contributed by atoms with van der Waals surface area (Å²) in [5, 5.41) is 0. The van der Waals surface area contributed by atoms with Gasteiger partial charge < -0.3 is 0 Å². The Labute approximate surface area is 83.1 Å². The molecule has 4 fully saturated rings. The van der Waals surface area contributed by atoms with E-state index in [1.165, 1.54) is 25.0 Å². The number of hydroxylamine groups is 1. The average molecular weight is 197 g/mol. The first kappa shape index (κ1) is 7.55. The number of hydrogen-bond donors (Lipinski definition) is 0. The van der Waals surface area contributed by atoms with Crippen LogP contribution in [0.1, 0.15) is 33.1 Å². The standard InChI is InChI=1S/C10H15NOS/c1-8(2)7-3-4-9(8)6-13-11-10(9,5-7)12-11/h7H,3-6H2,1-2H3/t7-,9+,10+,11?/m1/s1. The summed E-state index contributed by atoms with van der Waals surface area (Å²) in [6, 6.07) is 0. The Kier molecular flexibility index (Phi) is 0.987. The Morgan fingerprint density at radius 1 is 1.46 bits per heavy atom. The SMILES string of the molecule is CC1(C)[C@@H]2CC[C@]13CSN1O[C@]13C2. The third-order valence-electron chi connectivity index (χ3n) is 5.37. The minimum absolute atomic E-state index is 0.198. The fourth-order valence-corrected chi connectivity index (χ4v) is 5.95. The maximum absolute atomic E-state index is 5.82. The summed E-state index contributed by atoms with van der Waals surface area (Å²) in [4.78, 5) is 5.82. The fraction of sp³-hybridized carbons (Fsp3) is 1.00. The van der Waals surface area contributed by atoms with E-state index in [1.807, 2.05) is 11.9 Å². The van der Waals surface area contributed by atoms with E-state index in [9.17, 15) is 0 Å². The largest absolute Gasteiger partial charge is 0.259 e. The van der Waals surface area contributed by atoms with Gasteiger partial charge >= 0.3 is 0 Å². The van der Waals surface area contributed by atoms with Gasteiger partial charge in [-0.25, -0.2) is 0 Å². The summed E-state index contributed by atoms with van der Waals surface area (Å²) in [5.41, 5.74) is 1.21. The van der Waals surface area contributed by atoms with Crippen LogP contribution >= 0.6 is 11.9 Å². The molecule has 0 amide bonds. The summed E-state index contributed by atoms with van der Waals surface area (Å²) < 4.78 is 2.19. The highest BCUT2D eigenvalue weighted by molar-refractivity contribution is 7.97. The highest BCUT2D eigenvalue weighted by Gasteiger charge is 2.84. The lowest BCUT2D eigenvalue weighted by Crippen LogP contribution is -2.41. The molecule has 4 rings (SSSR count). The van der Waals surface area contributed by atoms with Crippen molar-refractivity contribution in [3.63, 3.8) is 0 Å². The van der Waals surface area contributed by atoms with Gasteiger partial charge in [0, 0.05) is 11.2 Å². The van der Waals surface area contributed by atoms with Crippen molar-refractivity contribution in [3.05, 3.63) is 0 Å². The monoisotopic (exact) mass is 197 g/mol. The summed E-state index contributed by atoms with van der Waals surface area (Å²) in [7, 11) is 0. The van der Waals surface area contributed by atoms with Crippen molar-refractivity contribution in [2.24, 2.45) is 16.7 Å². The van der Waals surface area contributed by atoms with Crippen LogP contribution in [0.4, 0.5) is 0 Å². The van der Waals surface area contributed by atoms with Crippen molar-refractivity contribution >= 4 is 11.9 Å². The minimum atomic E-state index is 0.198. The van der Waals surface area contributed by atoms with Crippen molar-refractivity contribution < 1.29 is 4.84 Å². The second kappa shape index (κ2) is 1.70. The number of hydrogen-bond acceptors (Lipinski definition) is 3. The number of nitrogens with zero attached hydrogens (tertiary/aromatic N) is 1. The maximum atomic E-state index is 5.82. The highest BCUT2D eigenvalue weighted by Crippen LogP contribution is 2.81. The molecule has 2 saturated carbocycles. The van der Waals surface area contributed by atoms with Gasteiger partial charge in [0.15, 0.2) is 5.72 Å². The lowest BCUT2D eigenvalue weighted by molar-refractivity contribution is 0.0749. The quantitative estimate of drug-likeness (QED) is 0.438. The Balaban J connectivity index is 1.95. The molecule has 0 N–H and O–H groups in total. The fourth-order valence-electron chi connectivity index (χ4n) is 4.24. The van der Waals surface area contributed by atoms with Gasteiger partial charge in [-0.05, 0) is 42.5 Å². The molecule has 4 atom stereocenters. The predicted molar refractivity (Wildman–Crippen MR) is 51.7 cm³/mol. The maximum Gasteiger partial charge on any atom is 0.184 e. The number of rotatable bonds is 0. The van der Waals surface area contributed by atoms with Crippen LogP contribution in [-0.4, -0.2) is 15.9 Å². The Bertz CT molecular complexity index is 297. The van der Waals surface area contributed by atoms with Crippen LogP contribution in [0.3, 0.4) is 0 Å². The van der Waals surface area contributed by atoms with E-state index in [2.05, 4.69) is 18.3 Å². The van der Waals surface area contributed by atoms with E-state index in [-0.39, 0.29) is 5.72 Å². The van der Waals surface area contributed by atoms with Gasteiger partial charge in [-0.15, -0.1) is 0 Å². The molecular weight excluding hydrogens is 182 g/mol. The molecule has 13 heavy (non-hydrogen) atoms. The normalized spacial score (nSPS) is 65.1. The molecule has 4 aliphatic rings. The predicted octanol–water partition coefficient (Wildman–Crippen LogP) is 2.42. The zero-order chi connectivity index (χ0) is 8.90. The molecule has 2 heterocycles. The number of fused-ring (bicyclic) bond motifs is 1. The van der Waals surface area contributed by atoms with Crippen LogP contribution in [-0.2, 0) is 4.84 Å². The van der Waals surface area contributed by atoms with E-state index < -0.39 is 0 Å². The van der Waals surface area contributed by atoms with Gasteiger partial charge in [-0.1, -0.05) is 18.3 Å². The Morgan fingerprint density at radius 2 is 2.31 bits per heavy atom. The zero-order valence-electron chi connectivity index (χ0n) is 8.17. The average Bonchev–Trinajstić information content (AvgIpc) is 2.53. The Hall–Kier alpha value is 0.270. The molecule has 0 aromatic rings. The van der Waals surface area contributed by atoms with Gasteiger partial charge in [0.05, 0.1) is 0 Å². The molecule has 0 aromatic carbocycles. The third-order valence-corrected chi connectivity index (χ3v) is 6.59. The van der Waals surface area contributed by atoms with E-state index in [0.717, 1.165) is 5.92 Å². The van der Waals surface area contributed by atoms with Crippen molar-refractivity contribution in [2.75, 3.05) is 5.75 Å². The van der Waals surface area contributed by atoms with Gasteiger partial charge in [-0.2, -0.15) is 0 Å². The first-order valence-corrected chi connectivity index (χ1v) is 6.19. The minimum Gasteiger partial charge on any atom is -0.259 e. The van der Waals surface area contributed by atoms with Crippen molar-refractivity contribution in [1.29, 1.82) is 0 Å². The van der Waals surface area contributed by atoms with Crippen LogP contribution in [0, 0.1) is 16.7 Å². The molecule has 2 nitrogen and oxygen atoms in total. The van der Waals surface area contributed by atoms with Gasteiger partial charge in [0.2, 0.25) is 0 Å². The highest BCUT2D eigenvalue weighted by atomic mass is 32.2. The first-order valence-electron chi connectivity index (χ1n) is 5.25. The molecule has 1 unspecified atom stereocenters. The van der Waals surface area contributed by atoms with Crippen LogP contribution < -0.4 is 0 Å². The van der Waals surface area contributed by atoms with Gasteiger partial charge in [-0.3, -0.25) is 4.84 Å². The summed E-state index contributed by atoms with van der Waals surface area (Å²) in [6.45, 7) is 4.93.